The van der Waals surface area contributed by atoms with Crippen molar-refractivity contribution in [2.45, 2.75) is 0 Å². The van der Waals surface area contributed by atoms with Crippen LogP contribution in [0.3, 0.4) is 0 Å². The number of carbonyl (C=O) groups excluding carboxylic acids is 1. The van der Waals surface area contributed by atoms with E-state index in [1.165, 1.54) is 25.4 Å². The van der Waals surface area contributed by atoms with Gasteiger partial charge in [-0.25, -0.2) is 9.18 Å². The van der Waals surface area contributed by atoms with Crippen LogP contribution >= 0.6 is 0 Å². The second-order valence-corrected chi connectivity index (χ2v) is 7.65. The Kier molecular flexibility index (Phi) is 7.98. The number of para-hydroxylation sites is 2. The van der Waals surface area contributed by atoms with Crippen LogP contribution in [0.2, 0.25) is 0 Å². The van der Waals surface area contributed by atoms with Crippen molar-refractivity contribution < 1.29 is 28.1 Å². The van der Waals surface area contributed by atoms with E-state index in [0.29, 0.717) is 46.0 Å². The molecule has 2 N–H and O–H groups in total. The third kappa shape index (κ3) is 6.04. The zero-order valence-electron chi connectivity index (χ0n) is 20.1. The summed E-state index contributed by atoms with van der Waals surface area (Å²) < 4.78 is 36.5. The minimum atomic E-state index is -0.697. The molecule has 0 unspecified atom stereocenters. The van der Waals surface area contributed by atoms with Gasteiger partial charge in [0.25, 0.3) is 0 Å². The predicted molar refractivity (Wildman–Crippen MR) is 136 cm³/mol. The van der Waals surface area contributed by atoms with Gasteiger partial charge in [0.05, 0.1) is 36.2 Å². The number of urea groups is 1. The Morgan fingerprint density at radius 2 is 1.78 bits per heavy atom. The Labute approximate surface area is 212 Å². The standard InChI is InChI=1S/C27H23FN4O5/c1-34-11-12-36-26-15-23-19(13-17(26)16-29)24(9-10-30-23)37-18-7-8-21(20(28)14-18)31-27(33)32-22-5-3-4-6-25(22)35-2/h3-10,13-15H,11-12H2,1-2H3,(H2,31,32,33). The lowest BCUT2D eigenvalue weighted by Gasteiger charge is -2.13. The molecule has 0 atom stereocenters. The van der Waals surface area contributed by atoms with E-state index in [1.54, 1.807) is 49.6 Å². The van der Waals surface area contributed by atoms with Crippen LogP contribution in [0.5, 0.6) is 23.0 Å². The molecule has 0 spiro atoms. The van der Waals surface area contributed by atoms with E-state index in [1.807, 2.05) is 0 Å². The van der Waals surface area contributed by atoms with Crippen LogP contribution in [0.1, 0.15) is 5.56 Å². The van der Waals surface area contributed by atoms with Crippen LogP contribution in [0.4, 0.5) is 20.6 Å². The monoisotopic (exact) mass is 502 g/mol. The molecule has 0 fully saturated rings. The predicted octanol–water partition coefficient (Wildman–Crippen LogP) is 5.72. The number of ether oxygens (including phenoxy) is 4. The third-order valence-electron chi connectivity index (χ3n) is 5.24. The van der Waals surface area contributed by atoms with Crippen LogP contribution in [-0.2, 0) is 4.74 Å². The van der Waals surface area contributed by atoms with Gasteiger partial charge < -0.3 is 29.6 Å². The number of carbonyl (C=O) groups is 1. The number of halogens is 1. The van der Waals surface area contributed by atoms with Crippen molar-refractivity contribution in [1.29, 1.82) is 5.26 Å². The van der Waals surface area contributed by atoms with Gasteiger partial charge >= 0.3 is 6.03 Å². The zero-order chi connectivity index (χ0) is 26.2. The number of nitriles is 1. The molecular weight excluding hydrogens is 479 g/mol. The molecule has 4 rings (SSSR count). The van der Waals surface area contributed by atoms with E-state index in [0.717, 1.165) is 6.07 Å². The van der Waals surface area contributed by atoms with Gasteiger partial charge in [-0.1, -0.05) is 12.1 Å². The molecule has 0 aliphatic rings. The first-order valence-electron chi connectivity index (χ1n) is 11.2. The fraction of sp³-hybridized carbons (Fsp3) is 0.148. The summed E-state index contributed by atoms with van der Waals surface area (Å²) in [5.74, 6) is 0.723. The van der Waals surface area contributed by atoms with Crippen molar-refractivity contribution in [1.82, 2.24) is 4.98 Å². The summed E-state index contributed by atoms with van der Waals surface area (Å²) in [4.78, 5) is 16.7. The van der Waals surface area contributed by atoms with Crippen molar-refractivity contribution in [3.63, 3.8) is 0 Å². The fourth-order valence-corrected chi connectivity index (χ4v) is 3.49. The lowest BCUT2D eigenvalue weighted by Crippen LogP contribution is -2.20. The van der Waals surface area contributed by atoms with Crippen LogP contribution < -0.4 is 24.8 Å². The summed E-state index contributed by atoms with van der Waals surface area (Å²) in [6.45, 7) is 0.654. The van der Waals surface area contributed by atoms with Crippen molar-refractivity contribution in [2.75, 3.05) is 38.1 Å². The maximum absolute atomic E-state index is 14.8. The number of fused-ring (bicyclic) bond motifs is 1. The van der Waals surface area contributed by atoms with Crippen molar-refractivity contribution >= 4 is 28.3 Å². The van der Waals surface area contributed by atoms with Gasteiger partial charge in [-0.2, -0.15) is 5.26 Å². The van der Waals surface area contributed by atoms with Crippen molar-refractivity contribution in [3.05, 3.63) is 78.2 Å². The maximum Gasteiger partial charge on any atom is 0.323 e. The molecule has 0 saturated heterocycles. The minimum absolute atomic E-state index is 0.0380. The number of nitrogens with zero attached hydrogens (tertiary/aromatic N) is 2. The Bertz CT molecular complexity index is 1470. The van der Waals surface area contributed by atoms with Gasteiger partial charge in [0.1, 0.15) is 41.5 Å². The molecule has 3 aromatic carbocycles. The fourth-order valence-electron chi connectivity index (χ4n) is 3.49. The molecule has 0 aliphatic carbocycles. The summed E-state index contributed by atoms with van der Waals surface area (Å²) in [5.41, 5.74) is 1.24. The van der Waals surface area contributed by atoms with Crippen LogP contribution in [0, 0.1) is 17.1 Å². The Morgan fingerprint density at radius 3 is 2.54 bits per heavy atom. The average molecular weight is 503 g/mol. The Morgan fingerprint density at radius 1 is 0.973 bits per heavy atom. The number of anilines is 2. The molecule has 10 heteroatoms. The minimum Gasteiger partial charge on any atom is -0.495 e. The number of methoxy groups -OCH3 is 2. The maximum atomic E-state index is 14.8. The Balaban J connectivity index is 1.51. The van der Waals surface area contributed by atoms with Gasteiger partial charge in [0.2, 0.25) is 0 Å². The van der Waals surface area contributed by atoms with Crippen molar-refractivity contribution in [2.24, 2.45) is 0 Å². The molecular formula is C27H23FN4O5. The molecule has 2 amide bonds. The number of nitrogens with one attached hydrogen (secondary N) is 2. The number of hydrogen-bond acceptors (Lipinski definition) is 7. The molecule has 0 saturated carbocycles. The first kappa shape index (κ1) is 25.2. The summed E-state index contributed by atoms with van der Waals surface area (Å²) >= 11 is 0. The number of pyridine rings is 1. The van der Waals surface area contributed by atoms with Crippen molar-refractivity contribution in [3.8, 4) is 29.1 Å². The molecule has 0 bridgehead atoms. The highest BCUT2D eigenvalue weighted by atomic mass is 19.1. The van der Waals surface area contributed by atoms with E-state index < -0.39 is 11.8 Å². The highest BCUT2D eigenvalue weighted by Gasteiger charge is 2.14. The molecule has 9 nitrogen and oxygen atoms in total. The molecule has 37 heavy (non-hydrogen) atoms. The normalized spacial score (nSPS) is 10.4. The lowest BCUT2D eigenvalue weighted by atomic mass is 10.1. The number of hydrogen-bond donors (Lipinski definition) is 2. The number of aromatic nitrogens is 1. The van der Waals surface area contributed by atoms with Gasteiger partial charge in [-0.3, -0.25) is 4.98 Å². The Hall–Kier alpha value is -4.88. The summed E-state index contributed by atoms with van der Waals surface area (Å²) in [6.07, 6.45) is 1.54. The molecule has 0 radical (unpaired) electrons. The third-order valence-corrected chi connectivity index (χ3v) is 5.24. The summed E-state index contributed by atoms with van der Waals surface area (Å²) in [7, 11) is 3.04. The van der Waals surface area contributed by atoms with E-state index in [2.05, 4.69) is 21.7 Å². The average Bonchev–Trinajstić information content (AvgIpc) is 2.90. The van der Waals surface area contributed by atoms with E-state index >= 15 is 0 Å². The van der Waals surface area contributed by atoms with E-state index in [-0.39, 0.29) is 18.0 Å². The second kappa shape index (κ2) is 11.7. The molecule has 188 valence electrons. The van der Waals surface area contributed by atoms with E-state index in [9.17, 15) is 14.4 Å². The molecule has 4 aromatic rings. The molecule has 0 aliphatic heterocycles. The number of amides is 2. The van der Waals surface area contributed by atoms with Gasteiger partial charge in [-0.05, 0) is 36.4 Å². The highest BCUT2D eigenvalue weighted by molar-refractivity contribution is 6.00. The first-order chi connectivity index (χ1) is 18.0. The largest absolute Gasteiger partial charge is 0.495 e. The van der Waals surface area contributed by atoms with Gasteiger partial charge in [0, 0.05) is 30.8 Å². The SMILES string of the molecule is COCCOc1cc2nccc(Oc3ccc(NC(=O)Nc4ccccc4OC)c(F)c3)c2cc1C#N. The topological polar surface area (TPSA) is 115 Å². The second-order valence-electron chi connectivity index (χ2n) is 7.65. The van der Waals surface area contributed by atoms with Crippen LogP contribution in [0.15, 0.2) is 66.9 Å². The lowest BCUT2D eigenvalue weighted by molar-refractivity contribution is 0.146. The quantitative estimate of drug-likeness (QED) is 0.282. The van der Waals surface area contributed by atoms with Crippen LogP contribution in [0.25, 0.3) is 10.9 Å². The van der Waals surface area contributed by atoms with Gasteiger partial charge in [-0.15, -0.1) is 0 Å². The molecule has 1 aromatic heterocycles. The van der Waals surface area contributed by atoms with Gasteiger partial charge in [0.15, 0.2) is 0 Å². The zero-order valence-corrected chi connectivity index (χ0v) is 20.1. The first-order valence-corrected chi connectivity index (χ1v) is 11.2. The highest BCUT2D eigenvalue weighted by Crippen LogP contribution is 2.34. The number of rotatable bonds is 9. The molecule has 1 heterocycles. The summed E-state index contributed by atoms with van der Waals surface area (Å²) in [6, 6.07) is 17.2. The van der Waals surface area contributed by atoms with E-state index in [4.69, 9.17) is 18.9 Å². The number of benzene rings is 3. The summed E-state index contributed by atoms with van der Waals surface area (Å²) in [5, 5.41) is 15.2. The van der Waals surface area contributed by atoms with Crippen LogP contribution in [-0.4, -0.2) is 38.4 Å². The smallest absolute Gasteiger partial charge is 0.323 e.